The Balaban J connectivity index is 1.83. The summed E-state index contributed by atoms with van der Waals surface area (Å²) in [5.74, 6) is -0.228. The molecule has 148 valence electrons. The molecule has 0 fully saturated rings. The summed E-state index contributed by atoms with van der Waals surface area (Å²) < 4.78 is 42.9. The standard InChI is InChI=1S/C19H18Cl2FN3O2S/c1-12(2)13-6-8-14(9-7-13)28(26,27)24-19-17(21)11-25(23-19)10-15-16(20)4-3-5-18(15)22/h3-9,11-12H,10H2,1-2H3,(H,23,24). The van der Waals surface area contributed by atoms with Gasteiger partial charge in [0.15, 0.2) is 5.82 Å². The lowest BCUT2D eigenvalue weighted by Crippen LogP contribution is -2.14. The molecule has 0 aliphatic carbocycles. The molecule has 1 aromatic heterocycles. The van der Waals surface area contributed by atoms with Crippen LogP contribution < -0.4 is 4.72 Å². The number of benzene rings is 2. The number of sulfonamides is 1. The maximum absolute atomic E-state index is 14.0. The van der Waals surface area contributed by atoms with E-state index in [0.29, 0.717) is 5.92 Å². The van der Waals surface area contributed by atoms with Gasteiger partial charge in [0.05, 0.1) is 11.4 Å². The lowest BCUT2D eigenvalue weighted by molar-refractivity contribution is 0.585. The normalized spacial score (nSPS) is 11.8. The molecule has 0 aliphatic rings. The maximum atomic E-state index is 14.0. The van der Waals surface area contributed by atoms with Crippen molar-refractivity contribution in [2.45, 2.75) is 31.2 Å². The van der Waals surface area contributed by atoms with Gasteiger partial charge in [0.25, 0.3) is 10.0 Å². The van der Waals surface area contributed by atoms with Crippen LogP contribution in [-0.2, 0) is 16.6 Å². The van der Waals surface area contributed by atoms with E-state index in [9.17, 15) is 12.8 Å². The second kappa shape index (κ2) is 8.11. The van der Waals surface area contributed by atoms with Crippen molar-refractivity contribution >= 4 is 39.0 Å². The Hall–Kier alpha value is -2.09. The zero-order valence-electron chi connectivity index (χ0n) is 15.2. The number of anilines is 1. The summed E-state index contributed by atoms with van der Waals surface area (Å²) >= 11 is 12.1. The molecule has 0 saturated heterocycles. The Morgan fingerprint density at radius 2 is 1.79 bits per heavy atom. The number of aromatic nitrogens is 2. The van der Waals surface area contributed by atoms with Crippen molar-refractivity contribution in [2.75, 3.05) is 4.72 Å². The van der Waals surface area contributed by atoms with Gasteiger partial charge in [-0.05, 0) is 35.7 Å². The van der Waals surface area contributed by atoms with Gasteiger partial charge in [0.1, 0.15) is 10.8 Å². The van der Waals surface area contributed by atoms with E-state index in [0.717, 1.165) is 5.56 Å². The smallest absolute Gasteiger partial charge is 0.263 e. The minimum atomic E-state index is -3.86. The van der Waals surface area contributed by atoms with Crippen LogP contribution in [0.15, 0.2) is 53.6 Å². The summed E-state index contributed by atoms with van der Waals surface area (Å²) in [7, 11) is -3.86. The second-order valence-corrected chi connectivity index (χ2v) is 9.05. The molecule has 0 amide bonds. The van der Waals surface area contributed by atoms with Crippen LogP contribution >= 0.6 is 23.2 Å². The molecular formula is C19H18Cl2FN3O2S. The van der Waals surface area contributed by atoms with E-state index >= 15 is 0 Å². The van der Waals surface area contributed by atoms with Crippen molar-refractivity contribution in [3.63, 3.8) is 0 Å². The minimum Gasteiger partial charge on any atom is -0.264 e. The van der Waals surface area contributed by atoms with Crippen molar-refractivity contribution in [1.82, 2.24) is 9.78 Å². The highest BCUT2D eigenvalue weighted by Gasteiger charge is 2.19. The second-order valence-electron chi connectivity index (χ2n) is 6.55. The van der Waals surface area contributed by atoms with E-state index in [-0.39, 0.29) is 32.9 Å². The van der Waals surface area contributed by atoms with Gasteiger partial charge < -0.3 is 0 Å². The first-order chi connectivity index (χ1) is 13.2. The molecule has 0 radical (unpaired) electrons. The van der Waals surface area contributed by atoms with Gasteiger partial charge >= 0.3 is 0 Å². The molecule has 3 rings (SSSR count). The van der Waals surface area contributed by atoms with Gasteiger partial charge in [-0.15, -0.1) is 0 Å². The van der Waals surface area contributed by atoms with Crippen LogP contribution in [0.5, 0.6) is 0 Å². The predicted octanol–water partition coefficient (Wildman–Crippen LogP) is 5.30. The first-order valence-corrected chi connectivity index (χ1v) is 10.7. The van der Waals surface area contributed by atoms with Crippen LogP contribution in [0.3, 0.4) is 0 Å². The van der Waals surface area contributed by atoms with Gasteiger partial charge in [-0.25, -0.2) is 12.8 Å². The molecule has 1 heterocycles. The third-order valence-corrected chi connectivity index (χ3v) is 6.17. The van der Waals surface area contributed by atoms with E-state index in [2.05, 4.69) is 9.82 Å². The predicted molar refractivity (Wildman–Crippen MR) is 109 cm³/mol. The molecule has 0 unspecified atom stereocenters. The number of nitrogens with zero attached hydrogens (tertiary/aromatic N) is 2. The van der Waals surface area contributed by atoms with Crippen LogP contribution in [0.1, 0.15) is 30.9 Å². The highest BCUT2D eigenvalue weighted by atomic mass is 35.5. The molecule has 9 heteroatoms. The van der Waals surface area contributed by atoms with E-state index in [1.807, 2.05) is 13.8 Å². The highest BCUT2D eigenvalue weighted by Crippen LogP contribution is 2.26. The fourth-order valence-electron chi connectivity index (χ4n) is 2.61. The molecule has 0 saturated carbocycles. The van der Waals surface area contributed by atoms with Crippen molar-refractivity contribution < 1.29 is 12.8 Å². The lowest BCUT2D eigenvalue weighted by Gasteiger charge is -2.09. The minimum absolute atomic E-state index is 0.00996. The van der Waals surface area contributed by atoms with E-state index < -0.39 is 15.8 Å². The van der Waals surface area contributed by atoms with E-state index in [4.69, 9.17) is 23.2 Å². The summed E-state index contributed by atoms with van der Waals surface area (Å²) in [6, 6.07) is 10.9. The fourth-order valence-corrected chi connectivity index (χ4v) is 4.10. The topological polar surface area (TPSA) is 64.0 Å². The molecule has 0 bridgehead atoms. The first-order valence-electron chi connectivity index (χ1n) is 8.46. The van der Waals surface area contributed by atoms with Crippen LogP contribution in [0.25, 0.3) is 0 Å². The summed E-state index contributed by atoms with van der Waals surface area (Å²) in [6.45, 7) is 4.06. The van der Waals surface area contributed by atoms with E-state index in [1.54, 1.807) is 18.2 Å². The van der Waals surface area contributed by atoms with Gasteiger partial charge in [-0.1, -0.05) is 55.2 Å². The monoisotopic (exact) mass is 441 g/mol. The zero-order chi connectivity index (χ0) is 20.5. The summed E-state index contributed by atoms with van der Waals surface area (Å²) in [4.78, 5) is 0.0969. The van der Waals surface area contributed by atoms with Crippen LogP contribution in [0.2, 0.25) is 10.0 Å². The Morgan fingerprint density at radius 3 is 2.39 bits per heavy atom. The molecule has 28 heavy (non-hydrogen) atoms. The highest BCUT2D eigenvalue weighted by molar-refractivity contribution is 7.92. The molecule has 0 spiro atoms. The third kappa shape index (κ3) is 4.48. The zero-order valence-corrected chi connectivity index (χ0v) is 17.5. The summed E-state index contributed by atoms with van der Waals surface area (Å²) in [6.07, 6.45) is 1.41. The summed E-state index contributed by atoms with van der Waals surface area (Å²) in [5, 5.41) is 4.45. The van der Waals surface area contributed by atoms with Crippen LogP contribution in [0, 0.1) is 5.82 Å². The summed E-state index contributed by atoms with van der Waals surface area (Å²) in [5.41, 5.74) is 1.27. The third-order valence-electron chi connectivity index (χ3n) is 4.19. The lowest BCUT2D eigenvalue weighted by atomic mass is 10.0. The molecule has 1 N–H and O–H groups in total. The number of hydrogen-bond donors (Lipinski definition) is 1. The van der Waals surface area contributed by atoms with Gasteiger partial charge in [-0.2, -0.15) is 5.10 Å². The number of nitrogens with one attached hydrogen (secondary N) is 1. The number of hydrogen-bond acceptors (Lipinski definition) is 3. The Labute approximate surface area is 173 Å². The van der Waals surface area contributed by atoms with Crippen molar-refractivity contribution in [2.24, 2.45) is 0 Å². The molecule has 5 nitrogen and oxygen atoms in total. The SMILES string of the molecule is CC(C)c1ccc(S(=O)(=O)Nc2nn(Cc3c(F)cccc3Cl)cc2Cl)cc1. The molecular weight excluding hydrogens is 424 g/mol. The van der Waals surface area contributed by atoms with E-state index in [1.165, 1.54) is 35.1 Å². The average Bonchev–Trinajstić information content (AvgIpc) is 2.97. The quantitative estimate of drug-likeness (QED) is 0.564. The van der Waals surface area contributed by atoms with Gasteiger partial charge in [0.2, 0.25) is 0 Å². The first kappa shape index (κ1) is 20.6. The maximum Gasteiger partial charge on any atom is 0.263 e. The Morgan fingerprint density at radius 1 is 1.11 bits per heavy atom. The van der Waals surface area contributed by atoms with Crippen molar-refractivity contribution in [3.8, 4) is 0 Å². The van der Waals surface area contributed by atoms with Crippen LogP contribution in [-0.4, -0.2) is 18.2 Å². The number of rotatable bonds is 6. The largest absolute Gasteiger partial charge is 0.264 e. The van der Waals surface area contributed by atoms with Crippen LogP contribution in [0.4, 0.5) is 10.2 Å². The molecule has 0 aliphatic heterocycles. The van der Waals surface area contributed by atoms with Gasteiger partial charge in [0, 0.05) is 16.8 Å². The molecule has 2 aromatic carbocycles. The van der Waals surface area contributed by atoms with Crippen molar-refractivity contribution in [1.29, 1.82) is 0 Å². The number of halogens is 3. The molecule has 3 aromatic rings. The Bertz CT molecular complexity index is 1080. The van der Waals surface area contributed by atoms with Gasteiger partial charge in [-0.3, -0.25) is 9.40 Å². The molecule has 0 atom stereocenters. The van der Waals surface area contributed by atoms with Crippen molar-refractivity contribution in [3.05, 3.63) is 75.7 Å². The Kier molecular flexibility index (Phi) is 5.98. The average molecular weight is 442 g/mol. The fraction of sp³-hybridized carbons (Fsp3) is 0.211.